The normalized spacial score (nSPS) is 11.0. The zero-order valence-electron chi connectivity index (χ0n) is 14.0. The van der Waals surface area contributed by atoms with Gasteiger partial charge in [-0.3, -0.25) is 14.9 Å². The SMILES string of the molecule is CCOCC(=O)OCC(=O)NC(=O)c1ccc(C(C)(C)C)cc1. The zero-order valence-corrected chi connectivity index (χ0v) is 14.0. The monoisotopic (exact) mass is 321 g/mol. The molecule has 0 saturated heterocycles. The highest BCUT2D eigenvalue weighted by atomic mass is 16.6. The van der Waals surface area contributed by atoms with Crippen LogP contribution in [0.25, 0.3) is 0 Å². The third-order valence-corrected chi connectivity index (χ3v) is 3.05. The second-order valence-corrected chi connectivity index (χ2v) is 6.00. The molecule has 0 fully saturated rings. The van der Waals surface area contributed by atoms with E-state index in [4.69, 9.17) is 4.74 Å². The van der Waals surface area contributed by atoms with Crippen LogP contribution >= 0.6 is 0 Å². The topological polar surface area (TPSA) is 81.7 Å². The predicted molar refractivity (Wildman–Crippen MR) is 85.1 cm³/mol. The van der Waals surface area contributed by atoms with Gasteiger partial charge in [0, 0.05) is 12.2 Å². The Hall–Kier alpha value is -2.21. The molecule has 0 unspecified atom stereocenters. The van der Waals surface area contributed by atoms with E-state index >= 15 is 0 Å². The van der Waals surface area contributed by atoms with Crippen LogP contribution in [-0.2, 0) is 24.5 Å². The number of rotatable bonds is 6. The molecule has 0 spiro atoms. The summed E-state index contributed by atoms with van der Waals surface area (Å²) < 4.78 is 9.52. The molecule has 1 rings (SSSR count). The molecule has 2 amide bonds. The predicted octanol–water partition coefficient (Wildman–Crippen LogP) is 1.82. The summed E-state index contributed by atoms with van der Waals surface area (Å²) in [5, 5.41) is 2.17. The summed E-state index contributed by atoms with van der Waals surface area (Å²) in [5.41, 5.74) is 1.44. The first-order valence-corrected chi connectivity index (χ1v) is 7.42. The van der Waals surface area contributed by atoms with E-state index in [0.29, 0.717) is 12.2 Å². The molecule has 126 valence electrons. The van der Waals surface area contributed by atoms with Crippen molar-refractivity contribution in [3.05, 3.63) is 35.4 Å². The highest BCUT2D eigenvalue weighted by Gasteiger charge is 2.16. The minimum absolute atomic E-state index is 0.0143. The maximum Gasteiger partial charge on any atom is 0.332 e. The van der Waals surface area contributed by atoms with Gasteiger partial charge in [-0.1, -0.05) is 32.9 Å². The lowest BCUT2D eigenvalue weighted by molar-refractivity contribution is -0.152. The fourth-order valence-electron chi connectivity index (χ4n) is 1.73. The van der Waals surface area contributed by atoms with Crippen LogP contribution in [0.5, 0.6) is 0 Å². The number of esters is 1. The lowest BCUT2D eigenvalue weighted by atomic mass is 9.87. The van der Waals surface area contributed by atoms with Crippen molar-refractivity contribution in [3.8, 4) is 0 Å². The molecule has 23 heavy (non-hydrogen) atoms. The Labute approximate surface area is 136 Å². The van der Waals surface area contributed by atoms with E-state index in [1.165, 1.54) is 0 Å². The zero-order chi connectivity index (χ0) is 17.5. The molecule has 0 atom stereocenters. The highest BCUT2D eigenvalue weighted by molar-refractivity contribution is 6.05. The van der Waals surface area contributed by atoms with E-state index < -0.39 is 24.4 Å². The lowest BCUT2D eigenvalue weighted by Crippen LogP contribution is -2.34. The van der Waals surface area contributed by atoms with Gasteiger partial charge < -0.3 is 9.47 Å². The van der Waals surface area contributed by atoms with Gasteiger partial charge in [0.1, 0.15) is 6.61 Å². The molecule has 0 aliphatic rings. The summed E-state index contributed by atoms with van der Waals surface area (Å²) in [4.78, 5) is 34.7. The number of carbonyl (C=O) groups excluding carboxylic acids is 3. The highest BCUT2D eigenvalue weighted by Crippen LogP contribution is 2.22. The Morgan fingerprint density at radius 1 is 1.04 bits per heavy atom. The third kappa shape index (κ3) is 6.61. The minimum Gasteiger partial charge on any atom is -0.454 e. The first kappa shape index (κ1) is 18.8. The quantitative estimate of drug-likeness (QED) is 0.808. The molecular weight excluding hydrogens is 298 g/mol. The van der Waals surface area contributed by atoms with E-state index in [1.54, 1.807) is 19.1 Å². The summed E-state index contributed by atoms with van der Waals surface area (Å²) in [6.45, 7) is 7.60. The van der Waals surface area contributed by atoms with E-state index in [9.17, 15) is 14.4 Å². The van der Waals surface area contributed by atoms with E-state index in [0.717, 1.165) is 5.56 Å². The lowest BCUT2D eigenvalue weighted by Gasteiger charge is -2.18. The summed E-state index contributed by atoms with van der Waals surface area (Å²) in [6, 6.07) is 7.01. The Balaban J connectivity index is 2.49. The largest absolute Gasteiger partial charge is 0.454 e. The number of benzene rings is 1. The van der Waals surface area contributed by atoms with Crippen LogP contribution in [0.3, 0.4) is 0 Å². The van der Waals surface area contributed by atoms with Gasteiger partial charge in [0.15, 0.2) is 6.61 Å². The standard InChI is InChI=1S/C17H23NO5/c1-5-22-11-15(20)23-10-14(19)18-16(21)12-6-8-13(9-7-12)17(2,3)4/h6-9H,5,10-11H2,1-4H3,(H,18,19,21). The molecule has 1 N–H and O–H groups in total. The van der Waals surface area contributed by atoms with Crippen LogP contribution in [0.2, 0.25) is 0 Å². The summed E-state index contributed by atoms with van der Waals surface area (Å²) in [5.74, 6) is -1.86. The molecule has 0 bridgehead atoms. The van der Waals surface area contributed by atoms with Gasteiger partial charge in [-0.25, -0.2) is 4.79 Å². The molecule has 6 nitrogen and oxygen atoms in total. The fourth-order valence-corrected chi connectivity index (χ4v) is 1.73. The van der Waals surface area contributed by atoms with Crippen molar-refractivity contribution in [1.29, 1.82) is 0 Å². The summed E-state index contributed by atoms with van der Waals surface area (Å²) in [6.07, 6.45) is 0. The first-order chi connectivity index (χ1) is 10.7. The number of carbonyl (C=O) groups is 3. The van der Waals surface area contributed by atoms with Crippen molar-refractivity contribution in [2.24, 2.45) is 0 Å². The van der Waals surface area contributed by atoms with Crippen LogP contribution in [0.4, 0.5) is 0 Å². The average molecular weight is 321 g/mol. The molecule has 0 radical (unpaired) electrons. The van der Waals surface area contributed by atoms with Crippen molar-refractivity contribution in [3.63, 3.8) is 0 Å². The Bertz CT molecular complexity index is 557. The first-order valence-electron chi connectivity index (χ1n) is 7.42. The molecular formula is C17H23NO5. The van der Waals surface area contributed by atoms with Gasteiger partial charge in [-0.2, -0.15) is 0 Å². The molecule has 0 saturated carbocycles. The number of imide groups is 1. The number of hydrogen-bond donors (Lipinski definition) is 1. The molecule has 1 aromatic carbocycles. The molecule has 0 aliphatic carbocycles. The molecule has 0 heterocycles. The number of nitrogens with one attached hydrogen (secondary N) is 1. The van der Waals surface area contributed by atoms with E-state index in [2.05, 4.69) is 30.8 Å². The maximum absolute atomic E-state index is 11.9. The van der Waals surface area contributed by atoms with Gasteiger partial charge in [0.25, 0.3) is 11.8 Å². The van der Waals surface area contributed by atoms with Crippen LogP contribution < -0.4 is 5.32 Å². The second kappa shape index (κ2) is 8.43. The maximum atomic E-state index is 11.9. The smallest absolute Gasteiger partial charge is 0.332 e. The van der Waals surface area contributed by atoms with Gasteiger partial charge in [0.2, 0.25) is 0 Å². The fraction of sp³-hybridized carbons (Fsp3) is 0.471. The Morgan fingerprint density at radius 2 is 1.65 bits per heavy atom. The van der Waals surface area contributed by atoms with Gasteiger partial charge >= 0.3 is 5.97 Å². The van der Waals surface area contributed by atoms with Crippen LogP contribution in [0, 0.1) is 0 Å². The van der Waals surface area contributed by atoms with Crippen molar-refractivity contribution < 1.29 is 23.9 Å². The minimum atomic E-state index is -0.681. The molecule has 6 heteroatoms. The van der Waals surface area contributed by atoms with Crippen LogP contribution in [0.1, 0.15) is 43.6 Å². The Kier molecular flexibility index (Phi) is 6.90. The third-order valence-electron chi connectivity index (χ3n) is 3.05. The van der Waals surface area contributed by atoms with Gasteiger partial charge in [0.05, 0.1) is 0 Å². The number of amides is 2. The van der Waals surface area contributed by atoms with E-state index in [1.807, 2.05) is 12.1 Å². The molecule has 0 aliphatic heterocycles. The van der Waals surface area contributed by atoms with Crippen molar-refractivity contribution in [2.75, 3.05) is 19.8 Å². The van der Waals surface area contributed by atoms with Crippen molar-refractivity contribution >= 4 is 17.8 Å². The van der Waals surface area contributed by atoms with E-state index in [-0.39, 0.29) is 12.0 Å². The van der Waals surface area contributed by atoms with Gasteiger partial charge in [-0.05, 0) is 30.0 Å². The van der Waals surface area contributed by atoms with Crippen molar-refractivity contribution in [2.45, 2.75) is 33.1 Å². The summed E-state index contributed by atoms with van der Waals surface area (Å²) >= 11 is 0. The number of ether oxygens (including phenoxy) is 2. The average Bonchev–Trinajstić information content (AvgIpc) is 2.50. The van der Waals surface area contributed by atoms with Gasteiger partial charge in [-0.15, -0.1) is 0 Å². The Morgan fingerprint density at radius 3 is 2.17 bits per heavy atom. The van der Waals surface area contributed by atoms with Crippen LogP contribution in [-0.4, -0.2) is 37.6 Å². The second-order valence-electron chi connectivity index (χ2n) is 6.00. The molecule has 0 aromatic heterocycles. The van der Waals surface area contributed by atoms with Crippen molar-refractivity contribution in [1.82, 2.24) is 5.32 Å². The molecule has 1 aromatic rings. The van der Waals surface area contributed by atoms with Crippen LogP contribution in [0.15, 0.2) is 24.3 Å². The summed E-state index contributed by atoms with van der Waals surface area (Å²) in [7, 11) is 0. The number of hydrogen-bond acceptors (Lipinski definition) is 5.